The van der Waals surface area contributed by atoms with Gasteiger partial charge in [-0.3, -0.25) is 4.98 Å². The van der Waals surface area contributed by atoms with Crippen LogP contribution in [0.4, 0.5) is 8.78 Å². The molecule has 0 amide bonds. The molecule has 1 aliphatic carbocycles. The van der Waals surface area contributed by atoms with E-state index in [1.807, 2.05) is 0 Å². The molecule has 0 unspecified atom stereocenters. The van der Waals surface area contributed by atoms with Crippen LogP contribution in [0.5, 0.6) is 0 Å². The summed E-state index contributed by atoms with van der Waals surface area (Å²) in [6.45, 7) is 0. The number of aryl methyl sites for hydroxylation is 1. The maximum Gasteiger partial charge on any atom is 0.336 e. The molecule has 19 heavy (non-hydrogen) atoms. The number of pyridine rings is 1. The molecule has 0 saturated heterocycles. The van der Waals surface area contributed by atoms with Gasteiger partial charge in [0.25, 0.3) is 0 Å². The molecule has 1 N–H and O–H groups in total. The molecule has 3 rings (SSSR count). The summed E-state index contributed by atoms with van der Waals surface area (Å²) in [6.07, 6.45) is 3.14. The van der Waals surface area contributed by atoms with Crippen LogP contribution in [0.2, 0.25) is 0 Å². The molecule has 3 nitrogen and oxygen atoms in total. The molecule has 0 fully saturated rings. The van der Waals surface area contributed by atoms with Gasteiger partial charge in [-0.1, -0.05) is 0 Å². The normalized spacial score (nSPS) is 14.4. The maximum atomic E-state index is 13.3. The van der Waals surface area contributed by atoms with Gasteiger partial charge in [0.05, 0.1) is 11.1 Å². The summed E-state index contributed by atoms with van der Waals surface area (Å²) < 4.78 is 26.6. The van der Waals surface area contributed by atoms with Crippen LogP contribution in [0.15, 0.2) is 12.1 Å². The molecule has 1 aromatic heterocycles. The van der Waals surface area contributed by atoms with E-state index in [9.17, 15) is 18.7 Å². The highest BCUT2D eigenvalue weighted by molar-refractivity contribution is 6.04. The van der Waals surface area contributed by atoms with Gasteiger partial charge < -0.3 is 5.11 Å². The summed E-state index contributed by atoms with van der Waals surface area (Å²) in [6, 6.07) is 1.89. The molecule has 1 aliphatic rings. The molecule has 0 atom stereocenters. The molecule has 1 aromatic carbocycles. The first-order chi connectivity index (χ1) is 9.08. The topological polar surface area (TPSA) is 50.2 Å². The number of halogens is 2. The zero-order valence-corrected chi connectivity index (χ0v) is 10.0. The second kappa shape index (κ2) is 4.26. The van der Waals surface area contributed by atoms with E-state index in [2.05, 4.69) is 4.98 Å². The van der Waals surface area contributed by atoms with Crippen LogP contribution < -0.4 is 0 Å². The largest absolute Gasteiger partial charge is 0.478 e. The Labute approximate surface area is 107 Å². The van der Waals surface area contributed by atoms with Crippen molar-refractivity contribution in [3.8, 4) is 0 Å². The second-order valence-electron chi connectivity index (χ2n) is 4.71. The first kappa shape index (κ1) is 12.0. The van der Waals surface area contributed by atoms with Crippen LogP contribution in [-0.4, -0.2) is 16.1 Å². The molecule has 0 saturated carbocycles. The van der Waals surface area contributed by atoms with Crippen molar-refractivity contribution in [2.45, 2.75) is 25.7 Å². The third-order valence-corrected chi connectivity index (χ3v) is 3.52. The smallest absolute Gasteiger partial charge is 0.336 e. The molecular formula is C14H11F2NO2. The summed E-state index contributed by atoms with van der Waals surface area (Å²) in [7, 11) is 0. The number of aromatic carboxylic acids is 1. The number of aromatic nitrogens is 1. The standard InChI is InChI=1S/C14H11F2NO2/c15-9-5-8-12(6-10(9)16)17-11-4-2-1-3-7(11)13(8)14(18)19/h5-6H,1-4H2,(H,18,19). The molecule has 1 heterocycles. The fourth-order valence-electron chi connectivity index (χ4n) is 2.66. The Morgan fingerprint density at radius 3 is 2.58 bits per heavy atom. The van der Waals surface area contributed by atoms with E-state index in [1.54, 1.807) is 0 Å². The van der Waals surface area contributed by atoms with Crippen molar-refractivity contribution < 1.29 is 18.7 Å². The van der Waals surface area contributed by atoms with E-state index in [0.717, 1.165) is 25.0 Å². The first-order valence-electron chi connectivity index (χ1n) is 6.11. The third kappa shape index (κ3) is 1.85. The Balaban J connectivity index is 2.42. The van der Waals surface area contributed by atoms with Gasteiger partial charge in [-0.15, -0.1) is 0 Å². The third-order valence-electron chi connectivity index (χ3n) is 3.52. The lowest BCUT2D eigenvalue weighted by atomic mass is 9.90. The number of rotatable bonds is 1. The fourth-order valence-corrected chi connectivity index (χ4v) is 2.66. The maximum absolute atomic E-state index is 13.3. The first-order valence-corrected chi connectivity index (χ1v) is 6.11. The summed E-state index contributed by atoms with van der Waals surface area (Å²) in [4.78, 5) is 15.7. The van der Waals surface area contributed by atoms with Crippen molar-refractivity contribution >= 4 is 16.9 Å². The number of carbonyl (C=O) groups is 1. The highest BCUT2D eigenvalue weighted by atomic mass is 19.2. The van der Waals surface area contributed by atoms with Gasteiger partial charge in [0, 0.05) is 17.1 Å². The summed E-state index contributed by atoms with van der Waals surface area (Å²) in [5.41, 5.74) is 1.63. The van der Waals surface area contributed by atoms with Gasteiger partial charge >= 0.3 is 5.97 Å². The molecule has 5 heteroatoms. The summed E-state index contributed by atoms with van der Waals surface area (Å²) in [5.74, 6) is -3.17. The Kier molecular flexibility index (Phi) is 2.69. The minimum atomic E-state index is -1.11. The van der Waals surface area contributed by atoms with Crippen LogP contribution in [0.25, 0.3) is 10.9 Å². The van der Waals surface area contributed by atoms with Crippen molar-refractivity contribution in [2.75, 3.05) is 0 Å². The number of hydrogen-bond acceptors (Lipinski definition) is 2. The van der Waals surface area contributed by atoms with E-state index in [1.165, 1.54) is 0 Å². The lowest BCUT2D eigenvalue weighted by Gasteiger charge is -2.18. The van der Waals surface area contributed by atoms with E-state index in [4.69, 9.17) is 0 Å². The lowest BCUT2D eigenvalue weighted by Crippen LogP contribution is -2.13. The van der Waals surface area contributed by atoms with Crippen molar-refractivity contribution in [3.05, 3.63) is 40.6 Å². The van der Waals surface area contributed by atoms with Crippen molar-refractivity contribution in [2.24, 2.45) is 0 Å². The minimum Gasteiger partial charge on any atom is -0.478 e. The fraction of sp³-hybridized carbons (Fsp3) is 0.286. The van der Waals surface area contributed by atoms with Gasteiger partial charge in [0.15, 0.2) is 11.6 Å². The molecular weight excluding hydrogens is 252 g/mol. The molecule has 0 spiro atoms. The quantitative estimate of drug-likeness (QED) is 0.860. The van der Waals surface area contributed by atoms with Crippen LogP contribution >= 0.6 is 0 Å². The predicted molar refractivity (Wildman–Crippen MR) is 65.3 cm³/mol. The Hall–Kier alpha value is -2.04. The Bertz CT molecular complexity index is 698. The minimum absolute atomic E-state index is 0.0681. The highest BCUT2D eigenvalue weighted by Gasteiger charge is 2.23. The second-order valence-corrected chi connectivity index (χ2v) is 4.71. The van der Waals surface area contributed by atoms with Crippen LogP contribution in [0.1, 0.15) is 34.5 Å². The van der Waals surface area contributed by atoms with Crippen molar-refractivity contribution in [1.82, 2.24) is 4.98 Å². The van der Waals surface area contributed by atoms with Crippen LogP contribution in [0.3, 0.4) is 0 Å². The number of benzene rings is 1. The number of fused-ring (bicyclic) bond motifs is 2. The molecule has 0 radical (unpaired) electrons. The van der Waals surface area contributed by atoms with E-state index >= 15 is 0 Å². The average Bonchev–Trinajstić information content (AvgIpc) is 2.37. The van der Waals surface area contributed by atoms with E-state index in [0.29, 0.717) is 24.1 Å². The predicted octanol–water partition coefficient (Wildman–Crippen LogP) is 3.09. The molecule has 0 bridgehead atoms. The van der Waals surface area contributed by atoms with Crippen LogP contribution in [0, 0.1) is 11.6 Å². The van der Waals surface area contributed by atoms with Gasteiger partial charge in [-0.05, 0) is 37.3 Å². The summed E-state index contributed by atoms with van der Waals surface area (Å²) in [5, 5.41) is 9.53. The Morgan fingerprint density at radius 2 is 1.84 bits per heavy atom. The lowest BCUT2D eigenvalue weighted by molar-refractivity contribution is 0.0697. The van der Waals surface area contributed by atoms with E-state index < -0.39 is 17.6 Å². The highest BCUT2D eigenvalue weighted by Crippen LogP contribution is 2.30. The van der Waals surface area contributed by atoms with Crippen molar-refractivity contribution in [1.29, 1.82) is 0 Å². The van der Waals surface area contributed by atoms with Gasteiger partial charge in [-0.2, -0.15) is 0 Å². The Morgan fingerprint density at radius 1 is 1.16 bits per heavy atom. The molecule has 0 aliphatic heterocycles. The zero-order valence-electron chi connectivity index (χ0n) is 10.0. The number of nitrogens with zero attached hydrogens (tertiary/aromatic N) is 1. The SMILES string of the molecule is O=C(O)c1c2c(nc3cc(F)c(F)cc13)CCCC2. The van der Waals surface area contributed by atoms with Crippen molar-refractivity contribution in [3.63, 3.8) is 0 Å². The number of carboxylic acid groups (broad SMARTS) is 1. The monoisotopic (exact) mass is 263 g/mol. The van der Waals surface area contributed by atoms with Crippen LogP contribution in [-0.2, 0) is 12.8 Å². The summed E-state index contributed by atoms with van der Waals surface area (Å²) >= 11 is 0. The number of carboxylic acids is 1. The van der Waals surface area contributed by atoms with Gasteiger partial charge in [0.2, 0.25) is 0 Å². The number of hydrogen-bond donors (Lipinski definition) is 1. The van der Waals surface area contributed by atoms with Gasteiger partial charge in [0.1, 0.15) is 0 Å². The molecule has 98 valence electrons. The molecule has 2 aromatic rings. The van der Waals surface area contributed by atoms with E-state index in [-0.39, 0.29) is 16.5 Å². The zero-order chi connectivity index (χ0) is 13.6. The average molecular weight is 263 g/mol. The van der Waals surface area contributed by atoms with Gasteiger partial charge in [-0.25, -0.2) is 13.6 Å².